The number of para-hydroxylation sites is 1. The van der Waals surface area contributed by atoms with Gasteiger partial charge in [0.1, 0.15) is 6.07 Å². The molecule has 0 saturated carbocycles. The molecule has 0 radical (unpaired) electrons. The number of carbonyl (C=O) groups is 1. The first-order valence-corrected chi connectivity index (χ1v) is 5.42. The van der Waals surface area contributed by atoms with Crippen LogP contribution in [0.3, 0.4) is 0 Å². The fourth-order valence-electron chi connectivity index (χ4n) is 1.90. The van der Waals surface area contributed by atoms with Gasteiger partial charge in [-0.3, -0.25) is 0 Å². The van der Waals surface area contributed by atoms with Gasteiger partial charge in [0.25, 0.3) is 0 Å². The van der Waals surface area contributed by atoms with Crippen LogP contribution in [-0.2, 0) is 9.53 Å². The Morgan fingerprint density at radius 3 is 2.72 bits per heavy atom. The van der Waals surface area contributed by atoms with Gasteiger partial charge in [-0.05, 0) is 17.7 Å². The lowest BCUT2D eigenvalue weighted by atomic mass is 10.0. The number of ether oxygens (including phenoxy) is 1. The third-order valence-corrected chi connectivity index (χ3v) is 2.84. The molecule has 0 spiro atoms. The lowest BCUT2D eigenvalue weighted by Gasteiger charge is -2.26. The molecule has 0 aliphatic carbocycles. The summed E-state index contributed by atoms with van der Waals surface area (Å²) in [6.07, 6.45) is 3.63. The predicted octanol–water partition coefficient (Wildman–Crippen LogP) is 2.10. The second kappa shape index (κ2) is 4.76. The van der Waals surface area contributed by atoms with Crippen molar-refractivity contribution in [3.8, 4) is 6.07 Å². The average molecular weight is 240 g/mol. The van der Waals surface area contributed by atoms with E-state index in [-0.39, 0.29) is 5.57 Å². The number of benzene rings is 1. The monoisotopic (exact) mass is 240 g/mol. The van der Waals surface area contributed by atoms with Gasteiger partial charge in [0.15, 0.2) is 5.57 Å². The normalized spacial score (nSPS) is 15.7. The van der Waals surface area contributed by atoms with E-state index in [0.717, 1.165) is 11.3 Å². The van der Waals surface area contributed by atoms with Gasteiger partial charge in [-0.2, -0.15) is 5.26 Å². The Morgan fingerprint density at radius 2 is 2.06 bits per heavy atom. The van der Waals surface area contributed by atoms with Gasteiger partial charge in [-0.25, -0.2) is 4.79 Å². The lowest BCUT2D eigenvalue weighted by molar-refractivity contribution is -0.135. The molecule has 1 aromatic carbocycles. The van der Waals surface area contributed by atoms with Crippen molar-refractivity contribution in [3.63, 3.8) is 0 Å². The van der Waals surface area contributed by atoms with Crippen LogP contribution in [0.1, 0.15) is 5.56 Å². The Labute approximate surface area is 105 Å². The van der Waals surface area contributed by atoms with E-state index >= 15 is 0 Å². The smallest absolute Gasteiger partial charge is 0.350 e. The molecule has 1 aromatic rings. The zero-order chi connectivity index (χ0) is 13.1. The van der Waals surface area contributed by atoms with Crippen LogP contribution in [0.25, 0.3) is 6.08 Å². The summed E-state index contributed by atoms with van der Waals surface area (Å²) in [5.41, 5.74) is 2.55. The minimum Gasteiger partial charge on any atom is -0.465 e. The van der Waals surface area contributed by atoms with Gasteiger partial charge >= 0.3 is 5.97 Å². The maximum atomic E-state index is 11.5. The molecule has 0 aromatic heterocycles. The zero-order valence-electron chi connectivity index (χ0n) is 10.2. The minimum absolute atomic E-state index is 0.00533. The topological polar surface area (TPSA) is 53.3 Å². The van der Waals surface area contributed by atoms with E-state index < -0.39 is 5.97 Å². The molecule has 0 unspecified atom stereocenters. The average Bonchev–Trinajstić information content (AvgIpc) is 2.42. The van der Waals surface area contributed by atoms with Crippen LogP contribution in [-0.4, -0.2) is 20.1 Å². The zero-order valence-corrected chi connectivity index (χ0v) is 10.2. The van der Waals surface area contributed by atoms with Crippen LogP contribution >= 0.6 is 0 Å². The summed E-state index contributed by atoms with van der Waals surface area (Å²) < 4.78 is 4.61. The summed E-state index contributed by atoms with van der Waals surface area (Å²) in [6.45, 7) is 0. The van der Waals surface area contributed by atoms with Crippen LogP contribution in [0, 0.1) is 11.3 Å². The fraction of sp³-hybridized carbons (Fsp3) is 0.143. The predicted molar refractivity (Wildman–Crippen MR) is 68.5 cm³/mol. The number of nitriles is 1. The molecule has 1 aliphatic rings. The molecular formula is C14H12N2O2. The quantitative estimate of drug-likeness (QED) is 0.428. The summed E-state index contributed by atoms with van der Waals surface area (Å²) in [5.74, 6) is -0.622. The van der Waals surface area contributed by atoms with Gasteiger partial charge in [-0.1, -0.05) is 24.3 Å². The number of fused-ring (bicyclic) bond motifs is 1. The summed E-state index contributed by atoms with van der Waals surface area (Å²) in [7, 11) is 3.08. The maximum absolute atomic E-state index is 11.5. The molecular weight excluding hydrogens is 228 g/mol. The van der Waals surface area contributed by atoms with Crippen molar-refractivity contribution in [1.29, 1.82) is 5.26 Å². The Bertz CT molecular complexity index is 594. The van der Waals surface area contributed by atoms with E-state index in [2.05, 4.69) is 4.74 Å². The molecule has 18 heavy (non-hydrogen) atoms. The number of likely N-dealkylation sites (N-methyl/N-ethyl adjacent to an activating group) is 1. The molecule has 4 heteroatoms. The number of nitrogens with zero attached hydrogens (tertiary/aromatic N) is 2. The number of methoxy groups -OCH3 is 1. The van der Waals surface area contributed by atoms with Gasteiger partial charge in [0.2, 0.25) is 0 Å². The van der Waals surface area contributed by atoms with Crippen molar-refractivity contribution in [1.82, 2.24) is 0 Å². The highest BCUT2D eigenvalue weighted by Gasteiger charge is 2.21. The van der Waals surface area contributed by atoms with Crippen LogP contribution in [0.15, 0.2) is 41.6 Å². The fourth-order valence-corrected chi connectivity index (χ4v) is 1.90. The number of esters is 1. The Morgan fingerprint density at radius 1 is 1.33 bits per heavy atom. The Hall–Kier alpha value is -2.54. The highest BCUT2D eigenvalue weighted by atomic mass is 16.5. The van der Waals surface area contributed by atoms with Gasteiger partial charge < -0.3 is 9.64 Å². The van der Waals surface area contributed by atoms with E-state index in [9.17, 15) is 4.79 Å². The molecule has 0 N–H and O–H groups in total. The molecule has 0 saturated heterocycles. The van der Waals surface area contributed by atoms with E-state index in [1.54, 1.807) is 6.08 Å². The third-order valence-electron chi connectivity index (χ3n) is 2.84. The Kier molecular flexibility index (Phi) is 3.16. The summed E-state index contributed by atoms with van der Waals surface area (Å²) in [4.78, 5) is 13.3. The van der Waals surface area contributed by atoms with Crippen molar-refractivity contribution >= 4 is 17.7 Å². The number of hydrogen-bond donors (Lipinski definition) is 0. The molecule has 0 amide bonds. The second-order valence-corrected chi connectivity index (χ2v) is 3.81. The van der Waals surface area contributed by atoms with E-state index in [4.69, 9.17) is 5.26 Å². The summed E-state index contributed by atoms with van der Waals surface area (Å²) >= 11 is 0. The van der Waals surface area contributed by atoms with Crippen LogP contribution in [0.2, 0.25) is 0 Å². The standard InChI is InChI=1S/C14H12N2O2/c1-16-12-6-4-3-5-10(12)7-8-13(16)11(9-15)14(17)18-2/h3-8H,1-2H3/b13-11-. The van der Waals surface area contributed by atoms with Gasteiger partial charge in [0, 0.05) is 12.7 Å². The molecule has 4 nitrogen and oxygen atoms in total. The van der Waals surface area contributed by atoms with E-state index in [0.29, 0.717) is 5.70 Å². The molecule has 0 atom stereocenters. The molecule has 0 fully saturated rings. The third kappa shape index (κ3) is 1.87. The van der Waals surface area contributed by atoms with Crippen molar-refractivity contribution in [3.05, 3.63) is 47.2 Å². The highest BCUT2D eigenvalue weighted by molar-refractivity contribution is 5.96. The SMILES string of the molecule is COC(=O)/C(C#N)=C1/C=Cc2ccccc2N1C. The summed E-state index contributed by atoms with van der Waals surface area (Å²) in [6, 6.07) is 9.66. The first-order chi connectivity index (χ1) is 8.69. The molecule has 1 aliphatic heterocycles. The number of hydrogen-bond acceptors (Lipinski definition) is 4. The highest BCUT2D eigenvalue weighted by Crippen LogP contribution is 2.30. The summed E-state index contributed by atoms with van der Waals surface area (Å²) in [5, 5.41) is 9.08. The molecule has 0 bridgehead atoms. The number of rotatable bonds is 1. The van der Waals surface area contributed by atoms with Crippen molar-refractivity contribution < 1.29 is 9.53 Å². The van der Waals surface area contributed by atoms with Crippen molar-refractivity contribution in [2.45, 2.75) is 0 Å². The number of anilines is 1. The molecule has 90 valence electrons. The lowest BCUT2D eigenvalue weighted by Crippen LogP contribution is -2.22. The number of carbonyl (C=O) groups excluding carboxylic acids is 1. The van der Waals surface area contributed by atoms with Crippen LogP contribution in [0.4, 0.5) is 5.69 Å². The number of allylic oxidation sites excluding steroid dienone is 1. The van der Waals surface area contributed by atoms with E-state index in [1.807, 2.05) is 48.4 Å². The van der Waals surface area contributed by atoms with Crippen molar-refractivity contribution in [2.24, 2.45) is 0 Å². The maximum Gasteiger partial charge on any atom is 0.350 e. The first kappa shape index (κ1) is 11.9. The first-order valence-electron chi connectivity index (χ1n) is 5.42. The van der Waals surface area contributed by atoms with Crippen LogP contribution < -0.4 is 4.90 Å². The molecule has 1 heterocycles. The van der Waals surface area contributed by atoms with Crippen LogP contribution in [0.5, 0.6) is 0 Å². The second-order valence-electron chi connectivity index (χ2n) is 3.81. The molecule has 2 rings (SSSR count). The van der Waals surface area contributed by atoms with E-state index in [1.165, 1.54) is 7.11 Å². The minimum atomic E-state index is -0.622. The van der Waals surface area contributed by atoms with Gasteiger partial charge in [0.05, 0.1) is 12.8 Å². The largest absolute Gasteiger partial charge is 0.465 e. The van der Waals surface area contributed by atoms with Gasteiger partial charge in [-0.15, -0.1) is 0 Å². The van der Waals surface area contributed by atoms with Crippen molar-refractivity contribution in [2.75, 3.05) is 19.1 Å². The Balaban J connectivity index is 2.55.